The molecule has 18 heavy (non-hydrogen) atoms. The zero-order chi connectivity index (χ0) is 12.7. The summed E-state index contributed by atoms with van der Waals surface area (Å²) in [5, 5.41) is 0. The maximum atomic E-state index is 12.2. The standard InChI is InChI=1S/C12H10N4O2/c1-7-3-2-4-8(5-7)16-11(17)9-10(14-6-13-9)15-12(16)18/h2-6H,1H3,(H,13,14)(H,15,18). The molecule has 1 aromatic carbocycles. The van der Waals surface area contributed by atoms with Gasteiger partial charge < -0.3 is 4.98 Å². The average molecular weight is 242 g/mol. The van der Waals surface area contributed by atoms with Gasteiger partial charge in [-0.2, -0.15) is 0 Å². The van der Waals surface area contributed by atoms with Gasteiger partial charge in [-0.3, -0.25) is 9.78 Å². The lowest BCUT2D eigenvalue weighted by Gasteiger charge is -2.04. The highest BCUT2D eigenvalue weighted by Gasteiger charge is 2.10. The van der Waals surface area contributed by atoms with Crippen molar-refractivity contribution in [2.45, 2.75) is 6.92 Å². The molecule has 0 fully saturated rings. The maximum absolute atomic E-state index is 12.2. The summed E-state index contributed by atoms with van der Waals surface area (Å²) >= 11 is 0. The highest BCUT2D eigenvalue weighted by molar-refractivity contribution is 5.68. The Morgan fingerprint density at radius 1 is 1.28 bits per heavy atom. The third-order valence-electron chi connectivity index (χ3n) is 2.74. The van der Waals surface area contributed by atoms with Crippen LogP contribution in [0.3, 0.4) is 0 Å². The van der Waals surface area contributed by atoms with Crippen LogP contribution in [0, 0.1) is 6.92 Å². The van der Waals surface area contributed by atoms with Crippen LogP contribution in [0.15, 0.2) is 40.2 Å². The second kappa shape index (κ2) is 3.69. The molecular weight excluding hydrogens is 232 g/mol. The number of nitrogens with zero attached hydrogens (tertiary/aromatic N) is 2. The van der Waals surface area contributed by atoms with Crippen LogP contribution >= 0.6 is 0 Å². The van der Waals surface area contributed by atoms with Crippen LogP contribution in [-0.2, 0) is 0 Å². The molecule has 0 saturated heterocycles. The molecule has 0 radical (unpaired) electrons. The number of imidazole rings is 1. The van der Waals surface area contributed by atoms with Crippen molar-refractivity contribution in [2.75, 3.05) is 0 Å². The first-order chi connectivity index (χ1) is 8.66. The third-order valence-corrected chi connectivity index (χ3v) is 2.74. The van der Waals surface area contributed by atoms with Crippen molar-refractivity contribution >= 4 is 11.2 Å². The molecular formula is C12H10N4O2. The number of hydrogen-bond donors (Lipinski definition) is 2. The zero-order valence-electron chi connectivity index (χ0n) is 9.60. The van der Waals surface area contributed by atoms with E-state index in [-0.39, 0.29) is 11.2 Å². The number of benzene rings is 1. The molecule has 0 aliphatic heterocycles. The second-order valence-electron chi connectivity index (χ2n) is 4.04. The summed E-state index contributed by atoms with van der Waals surface area (Å²) in [7, 11) is 0. The van der Waals surface area contributed by atoms with Gasteiger partial charge in [0, 0.05) is 0 Å². The van der Waals surface area contributed by atoms with Crippen molar-refractivity contribution in [3.05, 3.63) is 57.0 Å². The monoisotopic (exact) mass is 242 g/mol. The number of rotatable bonds is 1. The number of nitrogens with one attached hydrogen (secondary N) is 2. The quantitative estimate of drug-likeness (QED) is 0.659. The summed E-state index contributed by atoms with van der Waals surface area (Å²) in [4.78, 5) is 33.3. The summed E-state index contributed by atoms with van der Waals surface area (Å²) < 4.78 is 1.09. The highest BCUT2D eigenvalue weighted by Crippen LogP contribution is 2.06. The average Bonchev–Trinajstić information content (AvgIpc) is 2.77. The van der Waals surface area contributed by atoms with Gasteiger partial charge in [-0.25, -0.2) is 14.3 Å². The van der Waals surface area contributed by atoms with Gasteiger partial charge in [0.2, 0.25) is 0 Å². The molecule has 3 rings (SSSR count). The minimum absolute atomic E-state index is 0.272. The first-order valence-electron chi connectivity index (χ1n) is 5.42. The summed E-state index contributed by atoms with van der Waals surface area (Å²) in [5.41, 5.74) is 1.17. The molecule has 0 bridgehead atoms. The third kappa shape index (κ3) is 1.46. The lowest BCUT2D eigenvalue weighted by atomic mass is 10.2. The van der Waals surface area contributed by atoms with Gasteiger partial charge in [0.05, 0.1) is 12.0 Å². The van der Waals surface area contributed by atoms with Gasteiger partial charge in [-0.1, -0.05) is 12.1 Å². The van der Waals surface area contributed by atoms with E-state index in [1.54, 1.807) is 18.2 Å². The van der Waals surface area contributed by atoms with E-state index < -0.39 is 11.2 Å². The number of fused-ring (bicyclic) bond motifs is 1. The SMILES string of the molecule is Cc1cccc(-n2c(=O)[nH]c3nc[nH]c3c2=O)c1. The van der Waals surface area contributed by atoms with Gasteiger partial charge in [0.25, 0.3) is 5.56 Å². The molecule has 0 amide bonds. The fraction of sp³-hybridized carbons (Fsp3) is 0.0833. The van der Waals surface area contributed by atoms with E-state index in [0.717, 1.165) is 10.1 Å². The van der Waals surface area contributed by atoms with E-state index in [4.69, 9.17) is 0 Å². The van der Waals surface area contributed by atoms with Crippen molar-refractivity contribution in [3.8, 4) is 5.69 Å². The van der Waals surface area contributed by atoms with Crippen molar-refractivity contribution in [2.24, 2.45) is 0 Å². The Bertz CT molecular complexity index is 841. The Hall–Kier alpha value is -2.63. The molecule has 6 nitrogen and oxygen atoms in total. The van der Waals surface area contributed by atoms with E-state index >= 15 is 0 Å². The van der Waals surface area contributed by atoms with Crippen LogP contribution < -0.4 is 11.2 Å². The van der Waals surface area contributed by atoms with Crippen LogP contribution in [0.2, 0.25) is 0 Å². The molecule has 0 unspecified atom stereocenters. The largest absolute Gasteiger partial charge is 0.339 e. The Morgan fingerprint density at radius 3 is 2.89 bits per heavy atom. The van der Waals surface area contributed by atoms with Crippen molar-refractivity contribution in [1.82, 2.24) is 19.5 Å². The number of aryl methyl sites for hydroxylation is 1. The fourth-order valence-corrected chi connectivity index (χ4v) is 1.91. The normalized spacial score (nSPS) is 10.9. The van der Waals surface area contributed by atoms with Crippen molar-refractivity contribution in [1.29, 1.82) is 0 Å². The molecule has 0 aliphatic rings. The predicted octanol–water partition coefficient (Wildman–Crippen LogP) is 0.711. The lowest BCUT2D eigenvalue weighted by molar-refractivity contribution is 0.895. The summed E-state index contributed by atoms with van der Waals surface area (Å²) in [6.07, 6.45) is 1.38. The highest BCUT2D eigenvalue weighted by atomic mass is 16.2. The molecule has 0 aliphatic carbocycles. The summed E-state index contributed by atoms with van der Waals surface area (Å²) in [5.74, 6) is 0. The van der Waals surface area contributed by atoms with Gasteiger partial charge in [-0.05, 0) is 24.6 Å². The van der Waals surface area contributed by atoms with Crippen LogP contribution in [0.4, 0.5) is 0 Å². The summed E-state index contributed by atoms with van der Waals surface area (Å²) in [6, 6.07) is 7.19. The minimum atomic E-state index is -0.495. The van der Waals surface area contributed by atoms with E-state index in [1.165, 1.54) is 6.33 Å². The zero-order valence-corrected chi connectivity index (χ0v) is 9.60. The number of H-pyrrole nitrogens is 2. The molecule has 2 heterocycles. The van der Waals surface area contributed by atoms with Gasteiger partial charge in [0.1, 0.15) is 5.52 Å². The molecule has 2 aromatic heterocycles. The Kier molecular flexibility index (Phi) is 2.16. The number of aromatic nitrogens is 4. The van der Waals surface area contributed by atoms with Crippen LogP contribution in [0.1, 0.15) is 5.56 Å². The van der Waals surface area contributed by atoms with E-state index in [1.807, 2.05) is 13.0 Å². The summed E-state index contributed by atoms with van der Waals surface area (Å²) in [6.45, 7) is 1.90. The molecule has 0 spiro atoms. The van der Waals surface area contributed by atoms with Gasteiger partial charge in [-0.15, -0.1) is 0 Å². The molecule has 2 N–H and O–H groups in total. The van der Waals surface area contributed by atoms with Gasteiger partial charge in [0.15, 0.2) is 5.65 Å². The van der Waals surface area contributed by atoms with Crippen molar-refractivity contribution in [3.63, 3.8) is 0 Å². The molecule has 90 valence electrons. The number of hydrogen-bond acceptors (Lipinski definition) is 3. The Morgan fingerprint density at radius 2 is 2.11 bits per heavy atom. The maximum Gasteiger partial charge on any atom is 0.334 e. The van der Waals surface area contributed by atoms with Crippen LogP contribution in [0.25, 0.3) is 16.9 Å². The molecule has 6 heteroatoms. The first-order valence-corrected chi connectivity index (χ1v) is 5.42. The molecule has 0 saturated carbocycles. The number of aromatic amines is 2. The first kappa shape index (κ1) is 10.5. The minimum Gasteiger partial charge on any atom is -0.339 e. The lowest BCUT2D eigenvalue weighted by Crippen LogP contribution is -2.33. The second-order valence-corrected chi connectivity index (χ2v) is 4.04. The molecule has 3 aromatic rings. The Balaban J connectivity index is 2.42. The van der Waals surface area contributed by atoms with Gasteiger partial charge >= 0.3 is 5.69 Å². The van der Waals surface area contributed by atoms with E-state index in [9.17, 15) is 9.59 Å². The fourth-order valence-electron chi connectivity index (χ4n) is 1.91. The van der Waals surface area contributed by atoms with E-state index in [0.29, 0.717) is 5.69 Å². The predicted molar refractivity (Wildman–Crippen MR) is 67.0 cm³/mol. The van der Waals surface area contributed by atoms with E-state index in [2.05, 4.69) is 15.0 Å². The topological polar surface area (TPSA) is 83.5 Å². The van der Waals surface area contributed by atoms with Crippen LogP contribution in [0.5, 0.6) is 0 Å². The smallest absolute Gasteiger partial charge is 0.334 e. The Labute approximate surface area is 101 Å². The molecule has 0 atom stereocenters. The van der Waals surface area contributed by atoms with Crippen molar-refractivity contribution < 1.29 is 0 Å². The van der Waals surface area contributed by atoms with Crippen LogP contribution in [-0.4, -0.2) is 19.5 Å².